The zero-order chi connectivity index (χ0) is 13.0. The zero-order valence-electron chi connectivity index (χ0n) is 11.2. The standard InChI is InChI=1S/C15H24N2O/c1-12-10-13(11-16)5-6-15(12)17-8-3-2-4-14(17)7-9-18/h5-6,10,14,18H,2-4,7-9,11,16H2,1H3. The van der Waals surface area contributed by atoms with Crippen LogP contribution in [-0.2, 0) is 6.54 Å². The second-order valence-electron chi connectivity index (χ2n) is 5.18. The van der Waals surface area contributed by atoms with Crippen molar-refractivity contribution >= 4 is 5.69 Å². The fraction of sp³-hybridized carbons (Fsp3) is 0.600. The maximum absolute atomic E-state index is 9.19. The van der Waals surface area contributed by atoms with Crippen LogP contribution in [0.5, 0.6) is 0 Å². The van der Waals surface area contributed by atoms with Crippen LogP contribution in [0.2, 0.25) is 0 Å². The molecule has 1 unspecified atom stereocenters. The van der Waals surface area contributed by atoms with Crippen molar-refractivity contribution in [2.45, 2.75) is 45.2 Å². The molecule has 0 saturated carbocycles. The molecule has 3 heteroatoms. The minimum Gasteiger partial charge on any atom is -0.396 e. The van der Waals surface area contributed by atoms with E-state index in [0.717, 1.165) is 13.0 Å². The highest BCUT2D eigenvalue weighted by Crippen LogP contribution is 2.29. The second kappa shape index (κ2) is 6.21. The van der Waals surface area contributed by atoms with Gasteiger partial charge < -0.3 is 15.7 Å². The first-order chi connectivity index (χ1) is 8.76. The molecule has 1 saturated heterocycles. The van der Waals surface area contributed by atoms with Gasteiger partial charge in [0.25, 0.3) is 0 Å². The number of aliphatic hydroxyl groups excluding tert-OH is 1. The van der Waals surface area contributed by atoms with E-state index in [-0.39, 0.29) is 6.61 Å². The number of nitrogens with two attached hydrogens (primary N) is 1. The average Bonchev–Trinajstić information content (AvgIpc) is 2.40. The van der Waals surface area contributed by atoms with Crippen molar-refractivity contribution in [3.05, 3.63) is 29.3 Å². The van der Waals surface area contributed by atoms with Crippen molar-refractivity contribution in [1.82, 2.24) is 0 Å². The summed E-state index contributed by atoms with van der Waals surface area (Å²) in [5.41, 5.74) is 9.47. The van der Waals surface area contributed by atoms with Crippen LogP contribution in [0, 0.1) is 6.92 Å². The molecule has 1 aromatic carbocycles. The van der Waals surface area contributed by atoms with Gasteiger partial charge in [0.1, 0.15) is 0 Å². The Morgan fingerprint density at radius 2 is 2.22 bits per heavy atom. The van der Waals surface area contributed by atoms with E-state index >= 15 is 0 Å². The molecule has 1 aliphatic heterocycles. The second-order valence-corrected chi connectivity index (χ2v) is 5.18. The number of rotatable bonds is 4. The number of hydrogen-bond donors (Lipinski definition) is 2. The van der Waals surface area contributed by atoms with Gasteiger partial charge in [-0.2, -0.15) is 0 Å². The van der Waals surface area contributed by atoms with Crippen molar-refractivity contribution in [2.24, 2.45) is 5.73 Å². The van der Waals surface area contributed by atoms with Gasteiger partial charge in [0.15, 0.2) is 0 Å². The molecule has 1 aromatic rings. The van der Waals surface area contributed by atoms with Crippen LogP contribution in [0.15, 0.2) is 18.2 Å². The molecule has 0 bridgehead atoms. The Morgan fingerprint density at radius 3 is 2.89 bits per heavy atom. The Balaban J connectivity index is 2.22. The van der Waals surface area contributed by atoms with Crippen LogP contribution in [0.3, 0.4) is 0 Å². The van der Waals surface area contributed by atoms with Gasteiger partial charge in [-0.25, -0.2) is 0 Å². The van der Waals surface area contributed by atoms with E-state index in [0.29, 0.717) is 12.6 Å². The molecule has 18 heavy (non-hydrogen) atoms. The summed E-state index contributed by atoms with van der Waals surface area (Å²) < 4.78 is 0. The predicted molar refractivity (Wildman–Crippen MR) is 75.8 cm³/mol. The third kappa shape index (κ3) is 2.85. The van der Waals surface area contributed by atoms with Gasteiger partial charge in [-0.05, 0) is 49.8 Å². The summed E-state index contributed by atoms with van der Waals surface area (Å²) in [5, 5.41) is 9.19. The Kier molecular flexibility index (Phi) is 4.61. The fourth-order valence-corrected chi connectivity index (χ4v) is 2.93. The first-order valence-electron chi connectivity index (χ1n) is 6.93. The van der Waals surface area contributed by atoms with Gasteiger partial charge in [-0.3, -0.25) is 0 Å². The first kappa shape index (κ1) is 13.4. The van der Waals surface area contributed by atoms with Crippen LogP contribution in [0.1, 0.15) is 36.8 Å². The third-order valence-corrected chi connectivity index (χ3v) is 3.90. The van der Waals surface area contributed by atoms with Gasteiger partial charge in [0.2, 0.25) is 0 Å². The lowest BCUT2D eigenvalue weighted by Gasteiger charge is -2.38. The van der Waals surface area contributed by atoms with Gasteiger partial charge in [0, 0.05) is 31.4 Å². The zero-order valence-corrected chi connectivity index (χ0v) is 11.2. The van der Waals surface area contributed by atoms with Crippen LogP contribution in [0.4, 0.5) is 5.69 Å². The molecule has 0 aliphatic carbocycles. The average molecular weight is 248 g/mol. The molecular weight excluding hydrogens is 224 g/mol. The van der Waals surface area contributed by atoms with Gasteiger partial charge in [-0.1, -0.05) is 12.1 Å². The quantitative estimate of drug-likeness (QED) is 0.859. The van der Waals surface area contributed by atoms with Crippen LogP contribution < -0.4 is 10.6 Å². The number of benzene rings is 1. The number of nitrogens with zero attached hydrogens (tertiary/aromatic N) is 1. The van der Waals surface area contributed by atoms with Crippen LogP contribution >= 0.6 is 0 Å². The molecule has 100 valence electrons. The number of piperidine rings is 1. The van der Waals surface area contributed by atoms with Crippen molar-refractivity contribution in [3.8, 4) is 0 Å². The number of aliphatic hydroxyl groups is 1. The van der Waals surface area contributed by atoms with E-state index in [4.69, 9.17) is 5.73 Å². The highest BCUT2D eigenvalue weighted by atomic mass is 16.3. The highest BCUT2D eigenvalue weighted by molar-refractivity contribution is 5.55. The Morgan fingerprint density at radius 1 is 1.39 bits per heavy atom. The molecule has 0 radical (unpaired) electrons. The van der Waals surface area contributed by atoms with E-state index < -0.39 is 0 Å². The van der Waals surface area contributed by atoms with Crippen LogP contribution in [-0.4, -0.2) is 24.3 Å². The molecule has 0 spiro atoms. The molecular formula is C15H24N2O. The minimum atomic E-state index is 0.279. The fourth-order valence-electron chi connectivity index (χ4n) is 2.93. The van der Waals surface area contributed by atoms with Crippen molar-refractivity contribution in [2.75, 3.05) is 18.1 Å². The number of anilines is 1. The van der Waals surface area contributed by atoms with E-state index in [1.165, 1.54) is 36.1 Å². The summed E-state index contributed by atoms with van der Waals surface area (Å²) in [6.45, 7) is 4.13. The van der Waals surface area contributed by atoms with E-state index in [1.807, 2.05) is 0 Å². The van der Waals surface area contributed by atoms with Crippen molar-refractivity contribution < 1.29 is 5.11 Å². The minimum absolute atomic E-state index is 0.279. The Hall–Kier alpha value is -1.06. The molecule has 3 N–H and O–H groups in total. The molecule has 0 amide bonds. The predicted octanol–water partition coefficient (Wildman–Crippen LogP) is 2.20. The topological polar surface area (TPSA) is 49.5 Å². The highest BCUT2D eigenvalue weighted by Gasteiger charge is 2.23. The summed E-state index contributed by atoms with van der Waals surface area (Å²) in [4.78, 5) is 2.47. The smallest absolute Gasteiger partial charge is 0.0450 e. The normalized spacial score (nSPS) is 20.2. The summed E-state index contributed by atoms with van der Waals surface area (Å²) in [7, 11) is 0. The molecule has 3 nitrogen and oxygen atoms in total. The lowest BCUT2D eigenvalue weighted by atomic mass is 9.97. The van der Waals surface area contributed by atoms with Gasteiger partial charge >= 0.3 is 0 Å². The monoisotopic (exact) mass is 248 g/mol. The third-order valence-electron chi connectivity index (χ3n) is 3.90. The molecule has 1 aliphatic rings. The summed E-state index contributed by atoms with van der Waals surface area (Å²) in [6.07, 6.45) is 4.60. The van der Waals surface area contributed by atoms with Gasteiger partial charge in [-0.15, -0.1) is 0 Å². The maximum Gasteiger partial charge on any atom is 0.0450 e. The molecule has 1 fully saturated rings. The lowest BCUT2D eigenvalue weighted by Crippen LogP contribution is -2.40. The van der Waals surface area contributed by atoms with E-state index in [2.05, 4.69) is 30.0 Å². The van der Waals surface area contributed by atoms with Crippen molar-refractivity contribution in [1.29, 1.82) is 0 Å². The summed E-state index contributed by atoms with van der Waals surface area (Å²) in [5.74, 6) is 0. The van der Waals surface area contributed by atoms with Gasteiger partial charge in [0.05, 0.1) is 0 Å². The Labute approximate surface area is 110 Å². The number of aryl methyl sites for hydroxylation is 1. The molecule has 1 heterocycles. The van der Waals surface area contributed by atoms with E-state index in [1.54, 1.807) is 0 Å². The SMILES string of the molecule is Cc1cc(CN)ccc1N1CCCCC1CCO. The Bertz CT molecular complexity index is 390. The summed E-state index contributed by atoms with van der Waals surface area (Å²) >= 11 is 0. The van der Waals surface area contributed by atoms with E-state index in [9.17, 15) is 5.11 Å². The first-order valence-corrected chi connectivity index (χ1v) is 6.93. The summed E-state index contributed by atoms with van der Waals surface area (Å²) in [6, 6.07) is 6.98. The number of hydrogen-bond acceptors (Lipinski definition) is 3. The molecule has 0 aromatic heterocycles. The van der Waals surface area contributed by atoms with Crippen LogP contribution in [0.25, 0.3) is 0 Å². The molecule has 2 rings (SSSR count). The van der Waals surface area contributed by atoms with Crippen molar-refractivity contribution in [3.63, 3.8) is 0 Å². The molecule has 1 atom stereocenters. The lowest BCUT2D eigenvalue weighted by molar-refractivity contribution is 0.262. The maximum atomic E-state index is 9.19. The largest absolute Gasteiger partial charge is 0.396 e.